The number of benzene rings is 2. The van der Waals surface area contributed by atoms with Gasteiger partial charge in [0.05, 0.1) is 11.8 Å². The van der Waals surface area contributed by atoms with Crippen molar-refractivity contribution in [1.82, 2.24) is 0 Å². The van der Waals surface area contributed by atoms with Crippen molar-refractivity contribution in [2.24, 2.45) is 15.2 Å². The molecule has 1 N–H and O–H groups in total. The quantitative estimate of drug-likeness (QED) is 0.773. The van der Waals surface area contributed by atoms with E-state index < -0.39 is 17.1 Å². The number of hydrogen-bond acceptors (Lipinski definition) is 6. The maximum atomic E-state index is 13.5. The van der Waals surface area contributed by atoms with E-state index in [9.17, 15) is 14.4 Å². The lowest BCUT2D eigenvalue weighted by Crippen LogP contribution is -2.53. The number of anilines is 1. The van der Waals surface area contributed by atoms with Gasteiger partial charge in [-0.05, 0) is 6.07 Å². The van der Waals surface area contributed by atoms with Crippen molar-refractivity contribution in [2.45, 2.75) is 5.41 Å². The molecule has 2 aromatic rings. The number of allylic oxidation sites excluding steroid dienone is 1. The lowest BCUT2D eigenvalue weighted by atomic mass is 9.64. The van der Waals surface area contributed by atoms with Crippen LogP contribution in [0.5, 0.6) is 0 Å². The number of amides is 1. The van der Waals surface area contributed by atoms with E-state index in [1.54, 1.807) is 48.5 Å². The SMILES string of the molecule is O=C1C2=C(C(=O)c3ccccc31)C1(C(=O)Nc3ccccc31)C1=NN=CC1=N2. The molecule has 6 rings (SSSR count). The Bertz CT molecular complexity index is 1300. The molecule has 2 aromatic carbocycles. The Labute approximate surface area is 158 Å². The van der Waals surface area contributed by atoms with Gasteiger partial charge in [-0.1, -0.05) is 42.5 Å². The molecule has 7 heteroatoms. The third-order valence-corrected chi connectivity index (χ3v) is 5.56. The summed E-state index contributed by atoms with van der Waals surface area (Å²) >= 11 is 0. The van der Waals surface area contributed by atoms with Gasteiger partial charge in [0.25, 0.3) is 0 Å². The normalized spacial score (nSPS) is 23.8. The Morgan fingerprint density at radius 2 is 1.57 bits per heavy atom. The molecule has 28 heavy (non-hydrogen) atoms. The van der Waals surface area contributed by atoms with Gasteiger partial charge in [0.1, 0.15) is 17.1 Å². The van der Waals surface area contributed by atoms with Crippen LogP contribution >= 0.6 is 0 Å². The zero-order chi connectivity index (χ0) is 19.0. The van der Waals surface area contributed by atoms with Gasteiger partial charge in [-0.25, -0.2) is 4.99 Å². The van der Waals surface area contributed by atoms with Crippen LogP contribution in [-0.4, -0.2) is 35.1 Å². The summed E-state index contributed by atoms with van der Waals surface area (Å²) in [4.78, 5) is 44.5. The van der Waals surface area contributed by atoms with Crippen LogP contribution in [-0.2, 0) is 10.2 Å². The van der Waals surface area contributed by atoms with Crippen molar-refractivity contribution in [2.75, 3.05) is 5.32 Å². The van der Waals surface area contributed by atoms with Gasteiger partial charge in [-0.3, -0.25) is 14.4 Å². The summed E-state index contributed by atoms with van der Waals surface area (Å²) in [6, 6.07) is 13.7. The number of fused-ring (bicyclic) bond motifs is 6. The largest absolute Gasteiger partial charge is 0.324 e. The second kappa shape index (κ2) is 4.83. The van der Waals surface area contributed by atoms with Gasteiger partial charge < -0.3 is 5.32 Å². The second-order valence-corrected chi connectivity index (χ2v) is 6.87. The zero-order valence-corrected chi connectivity index (χ0v) is 14.3. The molecule has 0 saturated heterocycles. The molecule has 3 heterocycles. The number of hydrogen-bond donors (Lipinski definition) is 1. The topological polar surface area (TPSA) is 100 Å². The van der Waals surface area contributed by atoms with Crippen molar-refractivity contribution < 1.29 is 14.4 Å². The summed E-state index contributed by atoms with van der Waals surface area (Å²) < 4.78 is 0. The molecule has 0 aromatic heterocycles. The Balaban J connectivity index is 1.76. The molecule has 3 aliphatic heterocycles. The van der Waals surface area contributed by atoms with Gasteiger partial charge in [0, 0.05) is 22.4 Å². The molecule has 0 saturated carbocycles. The van der Waals surface area contributed by atoms with Crippen LogP contribution in [0, 0.1) is 0 Å². The molecular formula is C21H10N4O3. The van der Waals surface area contributed by atoms with Crippen molar-refractivity contribution in [3.8, 4) is 0 Å². The molecule has 1 unspecified atom stereocenters. The zero-order valence-electron chi connectivity index (χ0n) is 14.3. The highest BCUT2D eigenvalue weighted by Gasteiger charge is 2.61. The summed E-state index contributed by atoms with van der Waals surface area (Å²) in [5.74, 6) is -1.21. The van der Waals surface area contributed by atoms with Gasteiger partial charge >= 0.3 is 0 Å². The summed E-state index contributed by atoms with van der Waals surface area (Å²) in [6.45, 7) is 0. The number of ketones is 2. The number of nitrogens with one attached hydrogen (secondary N) is 1. The molecule has 4 aliphatic rings. The Kier molecular flexibility index (Phi) is 2.60. The van der Waals surface area contributed by atoms with E-state index in [1.165, 1.54) is 6.21 Å². The van der Waals surface area contributed by atoms with Gasteiger partial charge in [-0.15, -0.1) is 0 Å². The van der Waals surface area contributed by atoms with Gasteiger partial charge in [0.2, 0.25) is 11.7 Å². The number of Topliss-reactive ketones (excluding diaryl/α,β-unsaturated/α-hetero) is 2. The molecular weight excluding hydrogens is 356 g/mol. The predicted molar refractivity (Wildman–Crippen MR) is 102 cm³/mol. The fraction of sp³-hybridized carbons (Fsp3) is 0.0476. The first-order valence-electron chi connectivity index (χ1n) is 8.68. The first-order chi connectivity index (χ1) is 13.6. The standard InChI is InChI=1S/C21H10N4O3/c26-17-10-5-1-2-6-11(10)18(27)16-15(17)21(19-14(23-16)9-22-25-19)12-7-3-4-8-13(12)24-20(21)28/h1-9H,(H,24,28). The minimum absolute atomic E-state index is 0.0159. The van der Waals surface area contributed by atoms with E-state index in [-0.39, 0.29) is 33.9 Å². The molecule has 1 atom stereocenters. The Hall–Kier alpha value is -4.00. The smallest absolute Gasteiger partial charge is 0.246 e. The monoisotopic (exact) mass is 366 g/mol. The highest BCUT2D eigenvalue weighted by Crippen LogP contribution is 2.50. The number of rotatable bonds is 0. The van der Waals surface area contributed by atoms with Crippen molar-refractivity contribution in [3.63, 3.8) is 0 Å². The van der Waals surface area contributed by atoms with Gasteiger partial charge in [0.15, 0.2) is 11.2 Å². The maximum Gasteiger partial charge on any atom is 0.246 e. The molecule has 1 aliphatic carbocycles. The maximum absolute atomic E-state index is 13.5. The van der Waals surface area contributed by atoms with E-state index in [2.05, 4.69) is 20.5 Å². The average Bonchev–Trinajstić information content (AvgIpc) is 3.30. The van der Waals surface area contributed by atoms with Crippen molar-refractivity contribution >= 4 is 40.8 Å². The van der Waals surface area contributed by atoms with Crippen molar-refractivity contribution in [1.29, 1.82) is 0 Å². The van der Waals surface area contributed by atoms with E-state index >= 15 is 0 Å². The van der Waals surface area contributed by atoms with Crippen LogP contribution in [0.4, 0.5) is 5.69 Å². The summed E-state index contributed by atoms with van der Waals surface area (Å²) in [5, 5.41) is 10.9. The minimum atomic E-state index is -1.54. The molecule has 1 spiro atoms. The van der Waals surface area contributed by atoms with E-state index in [4.69, 9.17) is 0 Å². The molecule has 0 radical (unpaired) electrons. The first kappa shape index (κ1) is 15.1. The number of para-hydroxylation sites is 1. The fourth-order valence-corrected chi connectivity index (χ4v) is 4.40. The van der Waals surface area contributed by atoms with Gasteiger partial charge in [-0.2, -0.15) is 10.2 Å². The molecule has 7 nitrogen and oxygen atoms in total. The van der Waals surface area contributed by atoms with Crippen LogP contribution < -0.4 is 5.32 Å². The second-order valence-electron chi connectivity index (χ2n) is 6.87. The summed E-state index contributed by atoms with van der Waals surface area (Å²) in [6.07, 6.45) is 1.41. The number of aliphatic imine (C=N–C) groups is 1. The third-order valence-electron chi connectivity index (χ3n) is 5.56. The van der Waals surface area contributed by atoms with E-state index in [0.29, 0.717) is 17.0 Å². The molecule has 0 bridgehead atoms. The molecule has 1 amide bonds. The first-order valence-corrected chi connectivity index (χ1v) is 8.68. The highest BCUT2D eigenvalue weighted by molar-refractivity contribution is 6.70. The predicted octanol–water partition coefficient (Wildman–Crippen LogP) is 2.10. The fourth-order valence-electron chi connectivity index (χ4n) is 4.40. The highest BCUT2D eigenvalue weighted by atomic mass is 16.2. The summed E-state index contributed by atoms with van der Waals surface area (Å²) in [5.41, 5.74) is 0.789. The lowest BCUT2D eigenvalue weighted by Gasteiger charge is -2.35. The number of carbonyl (C=O) groups is 3. The molecule has 132 valence electrons. The van der Waals surface area contributed by atoms with Crippen LogP contribution in [0.3, 0.4) is 0 Å². The van der Waals surface area contributed by atoms with Crippen LogP contribution in [0.25, 0.3) is 0 Å². The third kappa shape index (κ3) is 1.52. The Morgan fingerprint density at radius 3 is 2.39 bits per heavy atom. The van der Waals surface area contributed by atoms with Crippen LogP contribution in [0.2, 0.25) is 0 Å². The van der Waals surface area contributed by atoms with Crippen LogP contribution in [0.1, 0.15) is 26.3 Å². The van der Waals surface area contributed by atoms with E-state index in [0.717, 1.165) is 0 Å². The summed E-state index contributed by atoms with van der Waals surface area (Å²) in [7, 11) is 0. The van der Waals surface area contributed by atoms with E-state index in [1.807, 2.05) is 0 Å². The number of carbonyl (C=O) groups excluding carboxylic acids is 3. The van der Waals surface area contributed by atoms with Crippen molar-refractivity contribution in [3.05, 3.63) is 76.5 Å². The van der Waals surface area contributed by atoms with Crippen LogP contribution in [0.15, 0.2) is 75.0 Å². The number of nitrogens with zero attached hydrogens (tertiary/aromatic N) is 3. The average molecular weight is 366 g/mol. The minimum Gasteiger partial charge on any atom is -0.324 e. The lowest BCUT2D eigenvalue weighted by molar-refractivity contribution is -0.117. The Morgan fingerprint density at radius 1 is 0.857 bits per heavy atom. The molecule has 0 fully saturated rings.